The van der Waals surface area contributed by atoms with Crippen LogP contribution in [0.15, 0.2) is 42.5 Å². The summed E-state index contributed by atoms with van der Waals surface area (Å²) in [4.78, 5) is 12.9. The van der Waals surface area contributed by atoms with Crippen molar-refractivity contribution in [2.24, 2.45) is 0 Å². The van der Waals surface area contributed by atoms with Gasteiger partial charge in [-0.2, -0.15) is 0 Å². The first-order valence-electron chi connectivity index (χ1n) is 5.80. The van der Waals surface area contributed by atoms with Gasteiger partial charge in [-0.1, -0.05) is 23.7 Å². The molecule has 0 unspecified atom stereocenters. The van der Waals surface area contributed by atoms with Crippen molar-refractivity contribution in [1.29, 1.82) is 0 Å². The van der Waals surface area contributed by atoms with Crippen LogP contribution in [0.4, 0.5) is 10.1 Å². The number of nitrogens with zero attached hydrogens (tertiary/aromatic N) is 1. The summed E-state index contributed by atoms with van der Waals surface area (Å²) in [6.45, 7) is 0.571. The maximum atomic E-state index is 12.8. The van der Waals surface area contributed by atoms with E-state index in [-0.39, 0.29) is 5.82 Å². The second-order valence-electron chi connectivity index (χ2n) is 4.30. The standard InChI is InChI=1S/C15H13ClFNO/c1-18(9-11-2-6-14(17)7-3-11)15-8-13(16)5-4-12(15)10-19/h2-8,10H,9H2,1H3. The van der Waals surface area contributed by atoms with Crippen molar-refractivity contribution >= 4 is 23.6 Å². The Morgan fingerprint density at radius 3 is 2.53 bits per heavy atom. The van der Waals surface area contributed by atoms with E-state index < -0.39 is 0 Å². The van der Waals surface area contributed by atoms with E-state index in [1.54, 1.807) is 30.3 Å². The molecule has 0 aliphatic rings. The quantitative estimate of drug-likeness (QED) is 0.789. The average Bonchev–Trinajstić information content (AvgIpc) is 2.41. The van der Waals surface area contributed by atoms with Crippen molar-refractivity contribution in [2.75, 3.05) is 11.9 Å². The number of benzene rings is 2. The van der Waals surface area contributed by atoms with Crippen LogP contribution in [0.3, 0.4) is 0 Å². The van der Waals surface area contributed by atoms with E-state index in [2.05, 4.69) is 0 Å². The summed E-state index contributed by atoms with van der Waals surface area (Å²) in [5, 5.41) is 0.576. The molecule has 0 aliphatic carbocycles. The fourth-order valence-electron chi connectivity index (χ4n) is 1.90. The van der Waals surface area contributed by atoms with Gasteiger partial charge in [0.2, 0.25) is 0 Å². The largest absolute Gasteiger partial charge is 0.370 e. The highest BCUT2D eigenvalue weighted by molar-refractivity contribution is 6.31. The van der Waals surface area contributed by atoms with Crippen LogP contribution in [-0.2, 0) is 6.54 Å². The number of anilines is 1. The van der Waals surface area contributed by atoms with Crippen LogP contribution >= 0.6 is 11.6 Å². The van der Waals surface area contributed by atoms with Crippen molar-refractivity contribution in [3.8, 4) is 0 Å². The predicted molar refractivity (Wildman–Crippen MR) is 75.3 cm³/mol. The summed E-state index contributed by atoms with van der Waals surface area (Å²) in [6, 6.07) is 11.4. The lowest BCUT2D eigenvalue weighted by Crippen LogP contribution is -2.18. The van der Waals surface area contributed by atoms with Gasteiger partial charge in [0.15, 0.2) is 6.29 Å². The lowest BCUT2D eigenvalue weighted by molar-refractivity contribution is 0.112. The number of halogens is 2. The zero-order valence-corrected chi connectivity index (χ0v) is 11.2. The van der Waals surface area contributed by atoms with Gasteiger partial charge in [0, 0.05) is 29.9 Å². The second-order valence-corrected chi connectivity index (χ2v) is 4.74. The van der Waals surface area contributed by atoms with Crippen LogP contribution in [0.5, 0.6) is 0 Å². The molecule has 0 spiro atoms. The number of aldehydes is 1. The molecule has 2 rings (SSSR count). The van der Waals surface area contributed by atoms with Gasteiger partial charge in [-0.3, -0.25) is 4.79 Å². The molecule has 4 heteroatoms. The van der Waals surface area contributed by atoms with Crippen molar-refractivity contribution in [2.45, 2.75) is 6.54 Å². The Balaban J connectivity index is 2.24. The Morgan fingerprint density at radius 2 is 1.89 bits per heavy atom. The SMILES string of the molecule is CN(Cc1ccc(F)cc1)c1cc(Cl)ccc1C=O. The van der Waals surface area contributed by atoms with Gasteiger partial charge < -0.3 is 4.90 Å². The number of carbonyl (C=O) groups excluding carboxylic acids is 1. The molecule has 2 aromatic rings. The van der Waals surface area contributed by atoms with Gasteiger partial charge in [0.1, 0.15) is 5.82 Å². The van der Waals surface area contributed by atoms with Crippen LogP contribution in [0.1, 0.15) is 15.9 Å². The third kappa shape index (κ3) is 3.32. The van der Waals surface area contributed by atoms with Gasteiger partial charge in [-0.25, -0.2) is 4.39 Å². The Bertz CT molecular complexity index is 583. The van der Waals surface area contributed by atoms with E-state index in [0.717, 1.165) is 17.5 Å². The predicted octanol–water partition coefficient (Wildman–Crippen LogP) is 3.93. The summed E-state index contributed by atoms with van der Waals surface area (Å²) in [7, 11) is 1.86. The minimum atomic E-state index is -0.261. The van der Waals surface area contributed by atoms with E-state index in [1.165, 1.54) is 12.1 Å². The highest BCUT2D eigenvalue weighted by atomic mass is 35.5. The molecule has 0 aliphatic heterocycles. The molecular formula is C15H13ClFNO. The van der Waals surface area contributed by atoms with E-state index in [4.69, 9.17) is 11.6 Å². The molecule has 0 aromatic heterocycles. The molecule has 0 amide bonds. The average molecular weight is 278 g/mol. The summed E-state index contributed by atoms with van der Waals surface area (Å²) >= 11 is 5.95. The third-order valence-electron chi connectivity index (χ3n) is 2.86. The third-order valence-corrected chi connectivity index (χ3v) is 3.10. The smallest absolute Gasteiger partial charge is 0.152 e. The summed E-state index contributed by atoms with van der Waals surface area (Å²) in [5.74, 6) is -0.261. The van der Waals surface area contributed by atoms with E-state index in [0.29, 0.717) is 17.1 Å². The first-order chi connectivity index (χ1) is 9.10. The number of rotatable bonds is 4. The van der Waals surface area contributed by atoms with Crippen molar-refractivity contribution in [3.63, 3.8) is 0 Å². The molecule has 0 bridgehead atoms. The Morgan fingerprint density at radius 1 is 1.21 bits per heavy atom. The zero-order chi connectivity index (χ0) is 13.8. The fourth-order valence-corrected chi connectivity index (χ4v) is 2.06. The van der Waals surface area contributed by atoms with Crippen LogP contribution in [-0.4, -0.2) is 13.3 Å². The molecule has 0 radical (unpaired) electrons. The molecule has 0 heterocycles. The van der Waals surface area contributed by atoms with E-state index in [1.807, 2.05) is 11.9 Å². The lowest BCUT2D eigenvalue weighted by atomic mass is 10.1. The molecule has 0 N–H and O–H groups in total. The topological polar surface area (TPSA) is 20.3 Å². The molecule has 19 heavy (non-hydrogen) atoms. The first-order valence-corrected chi connectivity index (χ1v) is 6.18. The van der Waals surface area contributed by atoms with Gasteiger partial charge in [-0.05, 0) is 35.9 Å². The number of hydrogen-bond acceptors (Lipinski definition) is 2. The summed E-state index contributed by atoms with van der Waals surface area (Å²) in [5.41, 5.74) is 2.29. The van der Waals surface area contributed by atoms with Gasteiger partial charge in [-0.15, -0.1) is 0 Å². The van der Waals surface area contributed by atoms with Gasteiger partial charge in [0.05, 0.1) is 0 Å². The fraction of sp³-hybridized carbons (Fsp3) is 0.133. The Hall–Kier alpha value is -1.87. The van der Waals surface area contributed by atoms with Gasteiger partial charge >= 0.3 is 0 Å². The molecule has 0 fully saturated rings. The molecule has 98 valence electrons. The highest BCUT2D eigenvalue weighted by Gasteiger charge is 2.08. The Labute approximate surface area is 116 Å². The highest BCUT2D eigenvalue weighted by Crippen LogP contribution is 2.24. The summed E-state index contributed by atoms with van der Waals surface area (Å²) in [6.07, 6.45) is 0.798. The molecule has 0 saturated heterocycles. The van der Waals surface area contributed by atoms with E-state index >= 15 is 0 Å². The normalized spacial score (nSPS) is 10.3. The maximum absolute atomic E-state index is 12.8. The van der Waals surface area contributed by atoms with Crippen LogP contribution in [0.25, 0.3) is 0 Å². The lowest BCUT2D eigenvalue weighted by Gasteiger charge is -2.21. The Kier molecular flexibility index (Phi) is 4.17. The van der Waals surface area contributed by atoms with Crippen molar-refractivity contribution in [3.05, 3.63) is 64.4 Å². The molecular weight excluding hydrogens is 265 g/mol. The molecule has 2 nitrogen and oxygen atoms in total. The van der Waals surface area contributed by atoms with Crippen molar-refractivity contribution in [1.82, 2.24) is 0 Å². The van der Waals surface area contributed by atoms with Crippen molar-refractivity contribution < 1.29 is 9.18 Å². The maximum Gasteiger partial charge on any atom is 0.152 e. The second kappa shape index (κ2) is 5.85. The van der Waals surface area contributed by atoms with Crippen LogP contribution < -0.4 is 4.90 Å². The summed E-state index contributed by atoms with van der Waals surface area (Å²) < 4.78 is 12.8. The monoisotopic (exact) mass is 277 g/mol. The minimum absolute atomic E-state index is 0.261. The molecule has 0 atom stereocenters. The number of carbonyl (C=O) groups is 1. The molecule has 0 saturated carbocycles. The molecule has 2 aromatic carbocycles. The first kappa shape index (κ1) is 13.6. The zero-order valence-electron chi connectivity index (χ0n) is 10.4. The van der Waals surface area contributed by atoms with E-state index in [9.17, 15) is 9.18 Å². The van der Waals surface area contributed by atoms with Crippen LogP contribution in [0, 0.1) is 5.82 Å². The van der Waals surface area contributed by atoms with Crippen LogP contribution in [0.2, 0.25) is 5.02 Å². The minimum Gasteiger partial charge on any atom is -0.370 e. The van der Waals surface area contributed by atoms with Gasteiger partial charge in [0.25, 0.3) is 0 Å². The number of hydrogen-bond donors (Lipinski definition) is 0.